The SMILES string of the molecule is CN1CC[C@]23c4c5c(CCOc6ccc7c(c6)oc6ccc(OCCc8cc(O)c9c%10c8C[C@@H]8[C@@H]%11C=C[C@H](O)[C@H](O9)[C@]%10%11CCN8C)cc67)cc(O)c4O[C@H]2[C@@H](O)C=C[C@H]3[C@H]1C5. The molecule has 4 aliphatic carbocycles. The lowest BCUT2D eigenvalue weighted by Crippen LogP contribution is -2.64. The molecule has 0 amide bonds. The Kier molecular flexibility index (Phi) is 7.58. The van der Waals surface area contributed by atoms with Crippen LogP contribution < -0.4 is 18.9 Å². The highest BCUT2D eigenvalue weighted by atomic mass is 16.5. The molecular formula is C50H50N2O9. The van der Waals surface area contributed by atoms with Crippen molar-refractivity contribution >= 4 is 21.9 Å². The van der Waals surface area contributed by atoms with Crippen LogP contribution in [0.3, 0.4) is 0 Å². The monoisotopic (exact) mass is 822 g/mol. The molecule has 0 unspecified atom stereocenters. The summed E-state index contributed by atoms with van der Waals surface area (Å²) in [6.45, 7) is 2.72. The number of ether oxygens (including phenoxy) is 4. The minimum Gasteiger partial charge on any atom is -0.504 e. The normalized spacial score (nSPS) is 33.4. The lowest BCUT2D eigenvalue weighted by Gasteiger charge is -2.56. The maximum atomic E-state index is 11.3. The number of phenols is 2. The topological polar surface area (TPSA) is 137 Å². The molecule has 5 aromatic rings. The Morgan fingerprint density at radius 2 is 1.16 bits per heavy atom. The van der Waals surface area contributed by atoms with Crippen molar-refractivity contribution in [3.05, 3.63) is 106 Å². The zero-order valence-electron chi connectivity index (χ0n) is 34.3. The van der Waals surface area contributed by atoms with Crippen molar-refractivity contribution in [3.63, 3.8) is 0 Å². The molecule has 0 saturated carbocycles. The third kappa shape index (κ3) is 4.78. The van der Waals surface area contributed by atoms with Gasteiger partial charge in [0.15, 0.2) is 23.0 Å². The molecule has 4 aliphatic heterocycles. The first-order valence-corrected chi connectivity index (χ1v) is 22.1. The molecule has 2 spiro atoms. The summed E-state index contributed by atoms with van der Waals surface area (Å²) >= 11 is 0. The van der Waals surface area contributed by atoms with E-state index in [9.17, 15) is 20.4 Å². The van der Waals surface area contributed by atoms with E-state index in [4.69, 9.17) is 23.4 Å². The molecule has 4 bridgehead atoms. The maximum Gasteiger partial charge on any atom is 0.165 e. The first kappa shape index (κ1) is 36.5. The van der Waals surface area contributed by atoms with E-state index in [1.165, 1.54) is 11.1 Å². The van der Waals surface area contributed by atoms with Gasteiger partial charge in [-0.3, -0.25) is 0 Å². The van der Waals surface area contributed by atoms with Gasteiger partial charge in [0, 0.05) is 75.6 Å². The van der Waals surface area contributed by atoms with Gasteiger partial charge in [-0.2, -0.15) is 0 Å². The van der Waals surface area contributed by atoms with E-state index in [0.29, 0.717) is 55.4 Å². The van der Waals surface area contributed by atoms with Crippen LogP contribution in [0.15, 0.2) is 77.3 Å². The Balaban J connectivity index is 0.723. The zero-order valence-corrected chi connectivity index (χ0v) is 34.3. The van der Waals surface area contributed by atoms with Crippen LogP contribution in [-0.2, 0) is 36.5 Å². The van der Waals surface area contributed by atoms with Crippen LogP contribution in [0, 0.1) is 11.8 Å². The number of aliphatic hydroxyl groups excluding tert-OH is 2. The summed E-state index contributed by atoms with van der Waals surface area (Å²) in [6, 6.07) is 16.2. The number of aliphatic hydroxyl groups is 2. The van der Waals surface area contributed by atoms with Crippen molar-refractivity contribution in [2.45, 2.75) is 85.9 Å². The molecule has 5 heterocycles. The Bertz CT molecular complexity index is 2760. The molecule has 314 valence electrons. The molecule has 11 heteroatoms. The first-order valence-electron chi connectivity index (χ1n) is 22.1. The molecule has 1 aromatic heterocycles. The summed E-state index contributed by atoms with van der Waals surface area (Å²) in [5.74, 6) is 3.32. The van der Waals surface area contributed by atoms with Crippen molar-refractivity contribution in [3.8, 4) is 34.5 Å². The fraction of sp³-hybridized carbons (Fsp3) is 0.440. The molecule has 2 fully saturated rings. The molecule has 8 aliphatic rings. The smallest absolute Gasteiger partial charge is 0.165 e. The summed E-state index contributed by atoms with van der Waals surface area (Å²) in [7, 11) is 4.39. The van der Waals surface area contributed by atoms with Crippen molar-refractivity contribution in [1.29, 1.82) is 0 Å². The predicted octanol–water partition coefficient (Wildman–Crippen LogP) is 5.85. The second kappa shape index (κ2) is 12.7. The highest BCUT2D eigenvalue weighted by Gasteiger charge is 2.66. The molecule has 61 heavy (non-hydrogen) atoms. The van der Waals surface area contributed by atoms with Gasteiger partial charge in [0.2, 0.25) is 0 Å². The van der Waals surface area contributed by atoms with E-state index < -0.39 is 12.2 Å². The minimum absolute atomic E-state index is 0.143. The van der Waals surface area contributed by atoms with Gasteiger partial charge in [0.25, 0.3) is 0 Å². The van der Waals surface area contributed by atoms with Gasteiger partial charge in [0.1, 0.15) is 47.1 Å². The van der Waals surface area contributed by atoms with Crippen LogP contribution in [0.25, 0.3) is 21.9 Å². The van der Waals surface area contributed by atoms with Gasteiger partial charge >= 0.3 is 0 Å². The quantitative estimate of drug-likeness (QED) is 0.140. The largest absolute Gasteiger partial charge is 0.504 e. The number of furan rings is 1. The lowest BCUT2D eigenvalue weighted by molar-refractivity contribution is -0.0454. The van der Waals surface area contributed by atoms with Crippen molar-refractivity contribution in [1.82, 2.24) is 9.80 Å². The molecule has 10 atom stereocenters. The van der Waals surface area contributed by atoms with E-state index >= 15 is 0 Å². The van der Waals surface area contributed by atoms with Gasteiger partial charge in [-0.1, -0.05) is 24.3 Å². The number of likely N-dealkylation sites (tertiary alicyclic amines) is 2. The molecule has 11 nitrogen and oxygen atoms in total. The molecule has 0 radical (unpaired) electrons. The van der Waals surface area contributed by atoms with Gasteiger partial charge < -0.3 is 53.6 Å². The van der Waals surface area contributed by atoms with Crippen LogP contribution in [0.4, 0.5) is 0 Å². The van der Waals surface area contributed by atoms with E-state index in [2.05, 4.69) is 36.0 Å². The Morgan fingerprint density at radius 3 is 1.72 bits per heavy atom. The molecule has 4 aromatic carbocycles. The number of likely N-dealkylation sites (N-methyl/N-ethyl adjacent to an activating group) is 2. The average molecular weight is 823 g/mol. The fourth-order valence-electron chi connectivity index (χ4n) is 13.7. The van der Waals surface area contributed by atoms with E-state index in [0.717, 1.165) is 88.7 Å². The van der Waals surface area contributed by atoms with Crippen LogP contribution >= 0.6 is 0 Å². The highest BCUT2D eigenvalue weighted by molar-refractivity contribution is 6.05. The van der Waals surface area contributed by atoms with Gasteiger partial charge in [-0.05, 0) is 118 Å². The molecular weight excluding hydrogens is 773 g/mol. The van der Waals surface area contributed by atoms with Crippen LogP contribution in [0.5, 0.6) is 34.5 Å². The molecule has 4 N–H and O–H groups in total. The van der Waals surface area contributed by atoms with Gasteiger partial charge in [0.05, 0.1) is 13.2 Å². The first-order chi connectivity index (χ1) is 29.6. The third-order valence-corrected chi connectivity index (χ3v) is 16.4. The summed E-state index contributed by atoms with van der Waals surface area (Å²) in [6.07, 6.45) is 10.7. The Labute approximate surface area is 353 Å². The average Bonchev–Trinajstić information content (AvgIpc) is 3.92. The summed E-state index contributed by atoms with van der Waals surface area (Å²) < 4.78 is 31.9. The van der Waals surface area contributed by atoms with Crippen LogP contribution in [0.2, 0.25) is 0 Å². The number of rotatable bonds is 8. The molecule has 13 rings (SSSR count). The van der Waals surface area contributed by atoms with Crippen molar-refractivity contribution in [2.24, 2.45) is 11.8 Å². The fourth-order valence-corrected chi connectivity index (χ4v) is 13.7. The van der Waals surface area contributed by atoms with Gasteiger partial charge in [-0.15, -0.1) is 0 Å². The molecule has 2 saturated heterocycles. The number of hydrogen-bond acceptors (Lipinski definition) is 11. The number of benzene rings is 4. The number of hydrogen-bond donors (Lipinski definition) is 4. The summed E-state index contributed by atoms with van der Waals surface area (Å²) in [5, 5.41) is 46.6. The van der Waals surface area contributed by atoms with Crippen molar-refractivity contribution < 1.29 is 43.8 Å². The Hall–Kier alpha value is -5.20. The number of aromatic hydroxyl groups is 2. The highest BCUT2D eigenvalue weighted by Crippen LogP contribution is 2.64. The predicted molar refractivity (Wildman–Crippen MR) is 227 cm³/mol. The van der Waals surface area contributed by atoms with Gasteiger partial charge in [-0.25, -0.2) is 0 Å². The maximum absolute atomic E-state index is 11.3. The van der Waals surface area contributed by atoms with E-state index in [-0.39, 0.29) is 46.4 Å². The number of fused-ring (bicyclic) bond motifs is 3. The third-order valence-electron chi connectivity index (χ3n) is 16.4. The van der Waals surface area contributed by atoms with E-state index in [1.54, 1.807) is 0 Å². The second-order valence-electron chi connectivity index (χ2n) is 19.1. The van der Waals surface area contributed by atoms with Crippen LogP contribution in [-0.4, -0.2) is 107 Å². The Morgan fingerprint density at radius 1 is 0.639 bits per heavy atom. The second-order valence-corrected chi connectivity index (χ2v) is 19.1. The van der Waals surface area contributed by atoms with E-state index in [1.807, 2.05) is 60.7 Å². The summed E-state index contributed by atoms with van der Waals surface area (Å²) in [4.78, 5) is 4.89. The number of nitrogens with zero attached hydrogens (tertiary/aromatic N) is 2. The van der Waals surface area contributed by atoms with Crippen molar-refractivity contribution in [2.75, 3.05) is 40.4 Å². The van der Waals surface area contributed by atoms with Crippen LogP contribution in [0.1, 0.15) is 46.2 Å². The zero-order chi connectivity index (χ0) is 41.1. The number of piperidine rings is 2. The standard InChI is InChI=1S/C50H50N2O9/c1-51-15-13-49-33-6-8-37(53)47(49)60-45-39(55)19-25(30(43(45)49)23-35(33)51)11-17-57-27-4-10-41-32(21-27)29-5-3-28(22-42(29)59-41)58-18-12-26-20-40(56)46-44-31(26)24-36-34-7-9-38(54)48(61-46)50(34,44)14-16-52(36)2/h3-10,19-22,33-38,47-48,53-56H,11-18,23-24H2,1-2H3/t33-,34-,35+,36+,37-,38-,47-,48-,49-,50-/m0/s1. The number of phenolic OH excluding ortho intramolecular Hbond substituents is 2. The summed E-state index contributed by atoms with van der Waals surface area (Å²) in [5.41, 5.74) is 7.66. The minimum atomic E-state index is -0.705. The lowest BCUT2D eigenvalue weighted by atomic mass is 9.53.